The number of alkyl halides is 4. The van der Waals surface area contributed by atoms with Gasteiger partial charge in [0.25, 0.3) is 0 Å². The molecule has 0 fully saturated rings. The third-order valence-corrected chi connectivity index (χ3v) is 2.46. The quantitative estimate of drug-likeness (QED) is 0.732. The van der Waals surface area contributed by atoms with Crippen LogP contribution < -0.4 is 10.6 Å². The largest absolute Gasteiger partial charge is 0.478 e. The van der Waals surface area contributed by atoms with Crippen LogP contribution in [0.25, 0.3) is 0 Å². The Morgan fingerprint density at radius 3 is 2.48 bits per heavy atom. The molecular formula is C12H12F4N2O3. The van der Waals surface area contributed by atoms with Crippen LogP contribution in [0.4, 0.5) is 28.0 Å². The van der Waals surface area contributed by atoms with Gasteiger partial charge in [0.2, 0.25) is 0 Å². The van der Waals surface area contributed by atoms with Gasteiger partial charge in [0.1, 0.15) is 0 Å². The minimum atomic E-state index is -4.36. The van der Waals surface area contributed by atoms with E-state index >= 15 is 0 Å². The lowest BCUT2D eigenvalue weighted by Crippen LogP contribution is -2.43. The molecule has 0 spiro atoms. The van der Waals surface area contributed by atoms with Gasteiger partial charge in [-0.3, -0.25) is 0 Å². The topological polar surface area (TPSA) is 78.4 Å². The van der Waals surface area contributed by atoms with Crippen molar-refractivity contribution >= 4 is 17.7 Å². The number of hydrogen-bond acceptors (Lipinski definition) is 2. The maximum Gasteiger partial charge on any atom is 0.337 e. The summed E-state index contributed by atoms with van der Waals surface area (Å²) in [6, 6.07) is 2.83. The van der Waals surface area contributed by atoms with E-state index < -0.39 is 30.9 Å². The van der Waals surface area contributed by atoms with E-state index in [1.165, 1.54) is 18.2 Å². The molecule has 9 heteroatoms. The Hall–Kier alpha value is -2.32. The van der Waals surface area contributed by atoms with Gasteiger partial charge in [-0.1, -0.05) is 11.6 Å². The van der Waals surface area contributed by atoms with Crippen molar-refractivity contribution in [3.8, 4) is 0 Å². The van der Waals surface area contributed by atoms with E-state index in [-0.39, 0.29) is 11.3 Å². The third kappa shape index (κ3) is 4.62. The molecule has 0 aliphatic carbocycles. The SMILES string of the molecule is Cc1ccc(NC(=O)NCC(F)(F)C(F)F)c(C(=O)O)c1. The number of urea groups is 1. The molecular weight excluding hydrogens is 296 g/mol. The van der Waals surface area contributed by atoms with E-state index in [9.17, 15) is 27.2 Å². The molecule has 0 saturated heterocycles. The van der Waals surface area contributed by atoms with Gasteiger partial charge in [0, 0.05) is 0 Å². The maximum atomic E-state index is 12.6. The average Bonchev–Trinajstić information content (AvgIpc) is 2.38. The van der Waals surface area contributed by atoms with Gasteiger partial charge in [0.15, 0.2) is 0 Å². The number of carbonyl (C=O) groups excluding carboxylic acids is 1. The lowest BCUT2D eigenvalue weighted by Gasteiger charge is -2.16. The molecule has 0 bridgehead atoms. The van der Waals surface area contributed by atoms with Crippen molar-refractivity contribution < 1.29 is 32.3 Å². The Morgan fingerprint density at radius 2 is 1.95 bits per heavy atom. The molecule has 1 rings (SSSR count). The Bertz CT molecular complexity index is 549. The lowest BCUT2D eigenvalue weighted by molar-refractivity contribution is -0.123. The molecule has 116 valence electrons. The minimum absolute atomic E-state index is 0.133. The number of amides is 2. The Balaban J connectivity index is 2.74. The summed E-state index contributed by atoms with van der Waals surface area (Å²) in [6.07, 6.45) is -3.91. The summed E-state index contributed by atoms with van der Waals surface area (Å²) in [4.78, 5) is 22.3. The van der Waals surface area contributed by atoms with Crippen molar-refractivity contribution in [2.24, 2.45) is 0 Å². The fourth-order valence-corrected chi connectivity index (χ4v) is 1.39. The van der Waals surface area contributed by atoms with Crippen LogP contribution in [-0.2, 0) is 0 Å². The average molecular weight is 308 g/mol. The predicted octanol–water partition coefficient (Wildman–Crippen LogP) is 2.72. The summed E-state index contributed by atoms with van der Waals surface area (Å²) in [7, 11) is 0. The molecule has 5 nitrogen and oxygen atoms in total. The minimum Gasteiger partial charge on any atom is -0.478 e. The molecule has 0 atom stereocenters. The predicted molar refractivity (Wildman–Crippen MR) is 66.1 cm³/mol. The molecule has 2 amide bonds. The highest BCUT2D eigenvalue weighted by atomic mass is 19.3. The highest BCUT2D eigenvalue weighted by molar-refractivity contribution is 6.00. The highest BCUT2D eigenvalue weighted by Gasteiger charge is 2.40. The zero-order valence-electron chi connectivity index (χ0n) is 10.8. The van der Waals surface area contributed by atoms with Crippen molar-refractivity contribution in [3.63, 3.8) is 0 Å². The fraction of sp³-hybridized carbons (Fsp3) is 0.333. The normalized spacial score (nSPS) is 11.3. The van der Waals surface area contributed by atoms with Gasteiger partial charge >= 0.3 is 24.3 Å². The molecule has 1 aromatic carbocycles. The molecule has 0 aliphatic heterocycles. The van der Waals surface area contributed by atoms with E-state index in [0.29, 0.717) is 5.56 Å². The van der Waals surface area contributed by atoms with E-state index in [2.05, 4.69) is 0 Å². The monoisotopic (exact) mass is 308 g/mol. The van der Waals surface area contributed by atoms with Gasteiger partial charge < -0.3 is 15.7 Å². The molecule has 0 aliphatic rings. The number of benzene rings is 1. The molecule has 1 aromatic rings. The molecule has 0 radical (unpaired) electrons. The van der Waals surface area contributed by atoms with Gasteiger partial charge in [0.05, 0.1) is 17.8 Å². The van der Waals surface area contributed by atoms with Crippen LogP contribution in [-0.4, -0.2) is 36.0 Å². The van der Waals surface area contributed by atoms with Crippen LogP contribution in [0.1, 0.15) is 15.9 Å². The summed E-state index contributed by atoms with van der Waals surface area (Å²) in [5.41, 5.74) is 0.235. The summed E-state index contributed by atoms with van der Waals surface area (Å²) in [5.74, 6) is -5.69. The number of aryl methyl sites for hydroxylation is 1. The van der Waals surface area contributed by atoms with Gasteiger partial charge in [-0.25, -0.2) is 18.4 Å². The number of carbonyl (C=O) groups is 2. The van der Waals surface area contributed by atoms with Crippen LogP contribution in [0.15, 0.2) is 18.2 Å². The van der Waals surface area contributed by atoms with E-state index in [0.717, 1.165) is 0 Å². The molecule has 0 saturated carbocycles. The smallest absolute Gasteiger partial charge is 0.337 e. The number of halogens is 4. The fourth-order valence-electron chi connectivity index (χ4n) is 1.39. The zero-order chi connectivity index (χ0) is 16.2. The highest BCUT2D eigenvalue weighted by Crippen LogP contribution is 2.22. The summed E-state index contributed by atoms with van der Waals surface area (Å²) >= 11 is 0. The molecule has 21 heavy (non-hydrogen) atoms. The second kappa shape index (κ2) is 6.42. The molecule has 0 aromatic heterocycles. The van der Waals surface area contributed by atoms with Gasteiger partial charge in [-0.05, 0) is 19.1 Å². The first-order chi connectivity index (χ1) is 9.63. The lowest BCUT2D eigenvalue weighted by atomic mass is 10.1. The molecule has 0 unspecified atom stereocenters. The first kappa shape index (κ1) is 16.7. The van der Waals surface area contributed by atoms with E-state index in [1.54, 1.807) is 12.2 Å². The third-order valence-electron chi connectivity index (χ3n) is 2.46. The Kier molecular flexibility index (Phi) is 5.12. The number of hydrogen-bond donors (Lipinski definition) is 3. The number of aromatic carboxylic acids is 1. The first-order valence-corrected chi connectivity index (χ1v) is 5.68. The van der Waals surface area contributed by atoms with Crippen LogP contribution >= 0.6 is 0 Å². The van der Waals surface area contributed by atoms with E-state index in [1.807, 2.05) is 5.32 Å². The summed E-state index contributed by atoms with van der Waals surface area (Å²) in [6.45, 7) is 0.0598. The second-order valence-corrected chi connectivity index (χ2v) is 4.22. The van der Waals surface area contributed by atoms with Crippen LogP contribution in [0, 0.1) is 6.92 Å². The van der Waals surface area contributed by atoms with Gasteiger partial charge in [-0.15, -0.1) is 0 Å². The second-order valence-electron chi connectivity index (χ2n) is 4.22. The summed E-state index contributed by atoms with van der Waals surface area (Å²) in [5, 5.41) is 12.5. The molecule has 0 heterocycles. The maximum absolute atomic E-state index is 12.6. The summed E-state index contributed by atoms with van der Waals surface area (Å²) < 4.78 is 49.0. The Morgan fingerprint density at radius 1 is 1.33 bits per heavy atom. The van der Waals surface area contributed by atoms with Crippen molar-refractivity contribution in [2.75, 3.05) is 11.9 Å². The number of carboxylic acid groups (broad SMARTS) is 1. The first-order valence-electron chi connectivity index (χ1n) is 5.68. The van der Waals surface area contributed by atoms with Crippen LogP contribution in [0.5, 0.6) is 0 Å². The van der Waals surface area contributed by atoms with Crippen LogP contribution in [0.3, 0.4) is 0 Å². The number of nitrogens with one attached hydrogen (secondary N) is 2. The zero-order valence-corrected chi connectivity index (χ0v) is 10.8. The van der Waals surface area contributed by atoms with Crippen molar-refractivity contribution in [2.45, 2.75) is 19.3 Å². The van der Waals surface area contributed by atoms with Crippen molar-refractivity contribution in [1.29, 1.82) is 0 Å². The van der Waals surface area contributed by atoms with Crippen LogP contribution in [0.2, 0.25) is 0 Å². The van der Waals surface area contributed by atoms with Crippen molar-refractivity contribution in [1.82, 2.24) is 5.32 Å². The van der Waals surface area contributed by atoms with Crippen molar-refractivity contribution in [3.05, 3.63) is 29.3 Å². The number of carboxylic acids is 1. The van der Waals surface area contributed by atoms with Gasteiger partial charge in [-0.2, -0.15) is 8.78 Å². The Labute approximate surface area is 117 Å². The number of rotatable bonds is 5. The van der Waals surface area contributed by atoms with E-state index in [4.69, 9.17) is 5.11 Å². The number of anilines is 1. The molecule has 3 N–H and O–H groups in total. The standard InChI is InChI=1S/C12H12F4N2O3/c1-6-2-3-8(7(4-6)9(19)20)18-11(21)17-5-12(15,16)10(13)14/h2-4,10H,5H2,1H3,(H,19,20)(H2,17,18,21).